The fourth-order valence-electron chi connectivity index (χ4n) is 18.4. The second-order valence-corrected chi connectivity index (χ2v) is 36.6. The molecule has 0 aromatic heterocycles. The number of epoxide rings is 2. The van der Waals surface area contributed by atoms with E-state index in [4.69, 9.17) is 56.8 Å². The summed E-state index contributed by atoms with van der Waals surface area (Å²) in [4.78, 5) is 0. The van der Waals surface area contributed by atoms with Crippen LogP contribution in [0.5, 0.6) is 97.7 Å². The number of hydrogen-bond donors (Lipinski definition) is 2. The molecule has 0 radical (unpaired) electrons. The first-order chi connectivity index (χ1) is 70.8. The van der Waals surface area contributed by atoms with Gasteiger partial charge < -0.3 is 67.1 Å². The summed E-state index contributed by atoms with van der Waals surface area (Å²) < 4.78 is 74.5. The Morgan fingerprint density at radius 1 is 0.201 bits per heavy atom. The number of phenolic OH excluding ortho intramolecular Hbond substituents is 2. The van der Waals surface area contributed by atoms with Gasteiger partial charge in [-0.1, -0.05) is 272 Å². The Kier molecular flexibility index (Phi) is 29.7. The molecule has 7 atom stereocenters. The maximum atomic E-state index is 10.5. The van der Waals surface area contributed by atoms with Crippen LogP contribution in [-0.2, 0) is 9.47 Å². The average Bonchev–Trinajstić information content (AvgIpc) is 0.894. The van der Waals surface area contributed by atoms with E-state index in [-0.39, 0.29) is 59.2 Å². The van der Waals surface area contributed by atoms with E-state index in [2.05, 4.69) is 242 Å². The molecule has 14 nitrogen and oxygen atoms in total. The summed E-state index contributed by atoms with van der Waals surface area (Å²) in [6.45, 7) is 15.3. The highest BCUT2D eigenvalue weighted by Crippen LogP contribution is 2.45. The minimum absolute atomic E-state index is 0.0773. The van der Waals surface area contributed by atoms with Gasteiger partial charge in [-0.05, 0) is 319 Å². The van der Waals surface area contributed by atoms with E-state index in [1.165, 1.54) is 0 Å². The van der Waals surface area contributed by atoms with Crippen molar-refractivity contribution >= 4 is 15.9 Å². The largest absolute Gasteiger partial charge is 0.508 e. The van der Waals surface area contributed by atoms with Gasteiger partial charge in [-0.15, -0.1) is 0 Å². The van der Waals surface area contributed by atoms with Gasteiger partial charge in [0.05, 0.1) is 13.2 Å². The van der Waals surface area contributed by atoms with Crippen LogP contribution in [0.3, 0.4) is 0 Å². The molecule has 2 fully saturated rings. The lowest BCUT2D eigenvalue weighted by molar-refractivity contribution is 0.263. The van der Waals surface area contributed by atoms with Crippen molar-refractivity contribution in [2.75, 3.05) is 46.2 Å². The zero-order valence-corrected chi connectivity index (χ0v) is 80.7. The van der Waals surface area contributed by atoms with Gasteiger partial charge >= 0.3 is 0 Å². The minimum atomic E-state index is -0.226. The Labute approximate surface area is 848 Å². The third kappa shape index (κ3) is 24.1. The molecule has 2 N–H and O–H groups in total. The molecule has 7 unspecified atom stereocenters. The van der Waals surface area contributed by atoms with E-state index in [0.29, 0.717) is 90.5 Å². The van der Waals surface area contributed by atoms with E-state index < -0.39 is 0 Å². The zero-order chi connectivity index (χ0) is 97.9. The van der Waals surface area contributed by atoms with Crippen LogP contribution in [0.4, 0.5) is 0 Å². The van der Waals surface area contributed by atoms with E-state index in [1.54, 1.807) is 42.5 Å². The van der Waals surface area contributed by atoms with Crippen LogP contribution in [0.25, 0.3) is 0 Å². The zero-order valence-electron chi connectivity index (χ0n) is 79.2. The number of hydrogen-bond acceptors (Lipinski definition) is 14. The van der Waals surface area contributed by atoms with Crippen molar-refractivity contribution in [3.05, 3.63) is 579 Å². The second-order valence-electron chi connectivity index (χ2n) is 35.7. The molecule has 2 heterocycles. The predicted molar refractivity (Wildman–Crippen MR) is 571 cm³/mol. The summed E-state index contributed by atoms with van der Waals surface area (Å²) >= 11 is 3.69. The Bertz CT molecular complexity index is 7160. The second kappa shape index (κ2) is 45.2. The van der Waals surface area contributed by atoms with Crippen LogP contribution < -0.4 is 47.4 Å². The number of halogens is 1. The molecule has 18 aromatic carbocycles. The first kappa shape index (κ1) is 94.8. The number of rotatable bonds is 43. The highest BCUT2D eigenvalue weighted by Gasteiger charge is 2.29. The molecule has 0 aliphatic carbocycles. The molecule has 2 aliphatic rings. The molecule has 2 aliphatic heterocycles. The van der Waals surface area contributed by atoms with Gasteiger partial charge in [0, 0.05) is 40.0 Å². The van der Waals surface area contributed by atoms with Gasteiger partial charge in [-0.25, -0.2) is 0 Å². The van der Waals surface area contributed by atoms with Crippen molar-refractivity contribution < 1.29 is 67.1 Å². The van der Waals surface area contributed by atoms with Crippen LogP contribution in [0, 0.1) is 0 Å². The molecule has 712 valence electrons. The normalized spacial score (nSPS) is 14.0. The Hall–Kier alpha value is -16.8. The summed E-state index contributed by atoms with van der Waals surface area (Å²) in [5, 5.41) is 20.8. The lowest BCUT2D eigenvalue weighted by Crippen LogP contribution is -2.06. The van der Waals surface area contributed by atoms with E-state index in [0.717, 1.165) is 147 Å². The van der Waals surface area contributed by atoms with Gasteiger partial charge in [0.1, 0.15) is 143 Å². The van der Waals surface area contributed by atoms with Crippen molar-refractivity contribution in [2.24, 2.45) is 0 Å². The third-order valence-corrected chi connectivity index (χ3v) is 26.3. The van der Waals surface area contributed by atoms with Crippen molar-refractivity contribution in [1.82, 2.24) is 0 Å². The first-order valence-electron chi connectivity index (χ1n) is 48.3. The Morgan fingerprint density at radius 2 is 0.326 bits per heavy atom. The van der Waals surface area contributed by atoms with Crippen LogP contribution in [0.1, 0.15) is 136 Å². The summed E-state index contributed by atoms with van der Waals surface area (Å²) in [6.07, 6.45) is 5.55. The molecule has 0 saturated carbocycles. The summed E-state index contributed by atoms with van der Waals surface area (Å²) in [5.41, 5.74) is 19.4. The molecular weight excluding hydrogens is 1850 g/mol. The predicted octanol–water partition coefficient (Wildman–Crippen LogP) is 31.2. The van der Waals surface area contributed by atoms with E-state index in [9.17, 15) is 10.2 Å². The van der Waals surface area contributed by atoms with Gasteiger partial charge in [0.15, 0.2) is 0 Å². The summed E-state index contributed by atoms with van der Waals surface area (Å²) in [7, 11) is 0. The fraction of sp³-hybridized carbons (Fsp3) is 0.116. The van der Waals surface area contributed by atoms with E-state index >= 15 is 0 Å². The lowest BCUT2D eigenvalue weighted by atomic mass is 9.85. The quantitative estimate of drug-likeness (QED) is 0.0211. The van der Waals surface area contributed by atoms with Gasteiger partial charge in [-0.3, -0.25) is 0 Å². The third-order valence-electron chi connectivity index (χ3n) is 25.8. The van der Waals surface area contributed by atoms with Crippen LogP contribution in [0.2, 0.25) is 0 Å². The molecule has 2 saturated heterocycles. The van der Waals surface area contributed by atoms with Gasteiger partial charge in [-0.2, -0.15) is 0 Å². The van der Waals surface area contributed by atoms with Crippen molar-refractivity contribution in [2.45, 2.75) is 47.7 Å². The van der Waals surface area contributed by atoms with Crippen LogP contribution in [0.15, 0.2) is 479 Å². The molecule has 144 heavy (non-hydrogen) atoms. The minimum Gasteiger partial charge on any atom is -0.508 e. The molecule has 15 heteroatoms. The standard InChI is InChI=1S/C129H105BrO14/c1-4-79-133-107-49-13-89(14-50-107)127(90-15-51-108(52-16-90)134-80-5-2)99-33-69-117(70-34-99)144-121-77-41-103(42-78-121)129(101-37-73-119(74-38-101)141-113-61-25-95(26-62-113)124(86-7-43-104(130)44-8-86)94-23-59-112(60-24-94)140-114-63-27-96(28-64-114)125(87-9-45-105(131)46-10-87)92-19-55-110(56-20-92)136-82-122-84-138-122)102-39-75-120(76-40-102)143-116-67-31-98(32-68-116)126(88-11-47-106(132)48-12-88)97-29-65-115(66-30-97)142-118-71-35-100(36-72-118)128(91-17-53-109(54-18-91)135-81-6-3)93-21-57-111(58-22-93)137-83-123-85-139-123/h4-78,122-129,131-132H,1-3,79-85H2. The topological polar surface area (TPSA) is 158 Å². The maximum Gasteiger partial charge on any atom is 0.127 e. The monoisotopic (exact) mass is 1960 g/mol. The number of ether oxygens (including phenoxy) is 12. The van der Waals surface area contributed by atoms with Crippen molar-refractivity contribution in [3.8, 4) is 97.7 Å². The molecule has 18 aromatic rings. The van der Waals surface area contributed by atoms with Crippen LogP contribution >= 0.6 is 15.9 Å². The summed E-state index contributed by atoms with van der Waals surface area (Å²) in [5.74, 6) is 10.4. The smallest absolute Gasteiger partial charge is 0.127 e. The van der Waals surface area contributed by atoms with Crippen LogP contribution in [-0.4, -0.2) is 68.7 Å². The van der Waals surface area contributed by atoms with Crippen molar-refractivity contribution in [1.29, 1.82) is 0 Å². The molecule has 0 bridgehead atoms. The SMILES string of the molecule is C=CCOc1ccc(C(c2ccc(OCC=C)cc2)c2ccc(Oc3ccc(C(c4ccc(Oc5ccc(C(c6ccc(O)cc6)c6ccc(Oc7ccc(C(c8ccc(OCC=C)cc8)c8ccc(OCC9CO9)cc8)cc7)cc6)cc5)cc4)c4ccc(Oc5ccc(C(c6ccc(Br)cc6)c6ccc(Oc7ccc(C(c8ccc(O)cc8)c8ccc(OCC9CO9)cc8)cc7)cc6)cc5)cc4)cc3)cc2)cc1. The average molecular weight is 1960 g/mol. The van der Waals surface area contributed by atoms with E-state index in [1.807, 2.05) is 206 Å². The molecule has 0 spiro atoms. The number of aromatic hydroxyl groups is 2. The van der Waals surface area contributed by atoms with Gasteiger partial charge in [0.25, 0.3) is 0 Å². The first-order valence-corrected chi connectivity index (χ1v) is 49.0. The highest BCUT2D eigenvalue weighted by molar-refractivity contribution is 9.10. The highest BCUT2D eigenvalue weighted by atomic mass is 79.9. The molecule has 0 amide bonds. The summed E-state index contributed by atoms with van der Waals surface area (Å²) in [6, 6.07) is 147. The lowest BCUT2D eigenvalue weighted by Gasteiger charge is -2.21. The molecular formula is C129H105BrO14. The number of benzene rings is 18. The molecule has 20 rings (SSSR count). The van der Waals surface area contributed by atoms with Gasteiger partial charge in [0.2, 0.25) is 0 Å². The fourth-order valence-corrected chi connectivity index (χ4v) is 18.6. The Balaban J connectivity index is 0.533. The number of phenols is 2. The van der Waals surface area contributed by atoms with Crippen molar-refractivity contribution in [3.63, 3.8) is 0 Å². The Morgan fingerprint density at radius 3 is 0.465 bits per heavy atom. The maximum absolute atomic E-state index is 10.5.